The van der Waals surface area contributed by atoms with Gasteiger partial charge in [-0.25, -0.2) is 4.79 Å². The number of likely N-dealkylation sites (N-methyl/N-ethyl adjacent to an activating group) is 1. The lowest BCUT2D eigenvalue weighted by atomic mass is 9.78. The molecule has 2 amide bonds. The van der Waals surface area contributed by atoms with Crippen LogP contribution in [0, 0.1) is 17.8 Å². The lowest BCUT2D eigenvalue weighted by Crippen LogP contribution is -2.62. The predicted octanol–water partition coefficient (Wildman–Crippen LogP) is 1.90. The third-order valence-electron chi connectivity index (χ3n) is 11.2. The summed E-state index contributed by atoms with van der Waals surface area (Å²) in [6, 6.07) is -1.14. The Labute approximate surface area is 291 Å². The number of ketones is 1. The van der Waals surface area contributed by atoms with Crippen LogP contribution >= 0.6 is 0 Å². The first-order valence-corrected chi connectivity index (χ1v) is 18.0. The topological polar surface area (TPSA) is 174 Å². The molecule has 3 heterocycles. The number of nitrogens with zero attached hydrogens (tertiary/aromatic N) is 1. The Kier molecular flexibility index (Phi) is 12.8. The molecule has 14 heteroatoms. The second kappa shape index (κ2) is 15.9. The van der Waals surface area contributed by atoms with E-state index in [0.29, 0.717) is 31.8 Å². The van der Waals surface area contributed by atoms with Crippen LogP contribution in [-0.2, 0) is 38.1 Å². The average Bonchev–Trinajstić information content (AvgIpc) is 3.83. The molecule has 280 valence electrons. The SMILES string of the molecule is CC[C@H]1OC(=O)C(C)C(=O)[C@H](C)[C@@H](OC2OC(CNC3CC3)CC(N(C)C)C2O)[C@](C)(OC)C[C@@H](C)C(=O)N[C@H](C)[C@H]2NC(=O)O[C@@]21CC. The first-order valence-electron chi connectivity index (χ1n) is 18.0. The van der Waals surface area contributed by atoms with Crippen molar-refractivity contribution in [2.24, 2.45) is 17.8 Å². The number of aliphatic hydroxyl groups excluding tert-OH is 1. The molecule has 3 saturated heterocycles. The maximum atomic E-state index is 14.2. The molecule has 4 rings (SSSR count). The summed E-state index contributed by atoms with van der Waals surface area (Å²) >= 11 is 0. The van der Waals surface area contributed by atoms with E-state index in [0.717, 1.165) is 12.8 Å². The van der Waals surface area contributed by atoms with Crippen LogP contribution in [0.4, 0.5) is 4.79 Å². The van der Waals surface area contributed by atoms with Gasteiger partial charge in [0.25, 0.3) is 0 Å². The molecule has 0 aromatic carbocycles. The van der Waals surface area contributed by atoms with Gasteiger partial charge in [0.15, 0.2) is 17.7 Å². The minimum atomic E-state index is -1.28. The number of ether oxygens (including phenoxy) is 5. The highest BCUT2D eigenvalue weighted by Crippen LogP contribution is 2.39. The number of Topliss-reactive ketones (excluding diaryl/α,β-unsaturated/α-hetero) is 1. The molecule has 5 unspecified atom stereocenters. The molecule has 3 aliphatic heterocycles. The van der Waals surface area contributed by atoms with Gasteiger partial charge in [-0.1, -0.05) is 27.7 Å². The Hall–Kier alpha value is -2.36. The number of amides is 2. The van der Waals surface area contributed by atoms with Gasteiger partial charge in [-0.3, -0.25) is 14.4 Å². The number of carbonyl (C=O) groups is 4. The van der Waals surface area contributed by atoms with E-state index in [1.807, 2.05) is 32.8 Å². The first kappa shape index (κ1) is 39.4. The molecule has 1 aliphatic carbocycles. The molecule has 4 aliphatic rings. The molecule has 0 radical (unpaired) electrons. The highest BCUT2D eigenvalue weighted by atomic mass is 16.7. The maximum Gasteiger partial charge on any atom is 0.408 e. The fraction of sp³-hybridized carbons (Fsp3) is 0.886. The zero-order chi connectivity index (χ0) is 36.4. The number of hydrogen-bond donors (Lipinski definition) is 4. The van der Waals surface area contributed by atoms with Crippen molar-refractivity contribution in [2.45, 2.75) is 153 Å². The van der Waals surface area contributed by atoms with Gasteiger partial charge in [0.05, 0.1) is 29.9 Å². The molecule has 1 saturated carbocycles. The van der Waals surface area contributed by atoms with E-state index in [1.54, 1.807) is 27.7 Å². The Morgan fingerprint density at radius 1 is 1.06 bits per heavy atom. The van der Waals surface area contributed by atoms with E-state index in [2.05, 4.69) is 16.0 Å². The van der Waals surface area contributed by atoms with Crippen LogP contribution in [0.2, 0.25) is 0 Å². The van der Waals surface area contributed by atoms with Crippen molar-refractivity contribution in [3.63, 3.8) is 0 Å². The molecule has 0 aromatic rings. The van der Waals surface area contributed by atoms with E-state index >= 15 is 0 Å². The van der Waals surface area contributed by atoms with Crippen LogP contribution in [0.25, 0.3) is 0 Å². The highest BCUT2D eigenvalue weighted by molar-refractivity contribution is 6.00. The zero-order valence-electron chi connectivity index (χ0n) is 30.9. The number of nitrogens with one attached hydrogen (secondary N) is 3. The van der Waals surface area contributed by atoms with Crippen LogP contribution in [0.15, 0.2) is 0 Å². The normalized spacial score (nSPS) is 42.7. The van der Waals surface area contributed by atoms with Crippen molar-refractivity contribution in [2.75, 3.05) is 27.7 Å². The largest absolute Gasteiger partial charge is 0.457 e. The minimum Gasteiger partial charge on any atom is -0.457 e. The summed E-state index contributed by atoms with van der Waals surface area (Å²) in [6.07, 6.45) is -1.51. The summed E-state index contributed by atoms with van der Waals surface area (Å²) in [5.41, 5.74) is -2.53. The van der Waals surface area contributed by atoms with Gasteiger partial charge >= 0.3 is 12.1 Å². The van der Waals surface area contributed by atoms with E-state index in [-0.39, 0.29) is 24.5 Å². The fourth-order valence-electron chi connectivity index (χ4n) is 7.94. The van der Waals surface area contributed by atoms with Gasteiger partial charge in [0, 0.05) is 37.6 Å². The summed E-state index contributed by atoms with van der Waals surface area (Å²) in [7, 11) is 5.27. The number of cyclic esters (lactones) is 1. The molecule has 0 aromatic heterocycles. The predicted molar refractivity (Wildman–Crippen MR) is 179 cm³/mol. The van der Waals surface area contributed by atoms with Gasteiger partial charge in [0.2, 0.25) is 5.91 Å². The molecule has 14 nitrogen and oxygen atoms in total. The van der Waals surface area contributed by atoms with Crippen molar-refractivity contribution in [1.29, 1.82) is 0 Å². The van der Waals surface area contributed by atoms with Crippen LogP contribution in [-0.4, -0.2) is 128 Å². The molecule has 49 heavy (non-hydrogen) atoms. The molecule has 4 N–H and O–H groups in total. The molecule has 0 spiro atoms. The minimum absolute atomic E-state index is 0.125. The second-order valence-electron chi connectivity index (χ2n) is 15.1. The molecule has 0 bridgehead atoms. The molecule has 4 fully saturated rings. The molecular weight excluding hydrogens is 636 g/mol. The lowest BCUT2D eigenvalue weighted by molar-refractivity contribution is -0.296. The number of fused-ring (bicyclic) bond motifs is 1. The van der Waals surface area contributed by atoms with Crippen LogP contribution in [0.1, 0.15) is 87.0 Å². The van der Waals surface area contributed by atoms with E-state index in [1.165, 1.54) is 14.0 Å². The number of aliphatic hydroxyl groups is 1. The third-order valence-corrected chi connectivity index (χ3v) is 11.2. The van der Waals surface area contributed by atoms with Gasteiger partial charge in [-0.2, -0.15) is 0 Å². The summed E-state index contributed by atoms with van der Waals surface area (Å²) in [4.78, 5) is 56.3. The summed E-state index contributed by atoms with van der Waals surface area (Å²) in [5, 5.41) is 20.9. The monoisotopic (exact) mass is 696 g/mol. The van der Waals surface area contributed by atoms with Crippen LogP contribution in [0.3, 0.4) is 0 Å². The zero-order valence-corrected chi connectivity index (χ0v) is 30.9. The van der Waals surface area contributed by atoms with E-state index in [9.17, 15) is 24.3 Å². The maximum absolute atomic E-state index is 14.2. The van der Waals surface area contributed by atoms with Crippen LogP contribution < -0.4 is 16.0 Å². The Bertz CT molecular complexity index is 1200. The van der Waals surface area contributed by atoms with Crippen molar-refractivity contribution in [1.82, 2.24) is 20.9 Å². The standard InChI is InChI=1S/C35H60N4O10/c1-11-25-35(12-2)28(38-33(44)49-35)21(6)37-30(42)18(3)16-34(7,45-10)29(19(4)26(40)20(5)31(43)47-25)48-32-27(41)24(39(8)9)15-23(46-32)17-36-22-13-14-22/h18-25,27-29,32,36,41H,11-17H2,1-10H3,(H,37,42)(H,38,44)/t18-,19+,20?,21-,23?,24?,25-,27?,28-,29-,32?,34-,35-/m1/s1. The number of carbonyl (C=O) groups excluding carboxylic acids is 4. The first-order chi connectivity index (χ1) is 23.0. The number of methoxy groups -OCH3 is 1. The Balaban J connectivity index is 1.72. The number of esters is 1. The lowest BCUT2D eigenvalue weighted by Gasteiger charge is -2.47. The van der Waals surface area contributed by atoms with Crippen molar-refractivity contribution < 1.29 is 48.0 Å². The quantitative estimate of drug-likeness (QED) is 0.204. The summed E-state index contributed by atoms with van der Waals surface area (Å²) in [5.74, 6) is -4.33. The van der Waals surface area contributed by atoms with Gasteiger partial charge in [-0.05, 0) is 73.4 Å². The molecular formula is C35H60N4O10. The van der Waals surface area contributed by atoms with Crippen molar-refractivity contribution >= 4 is 23.8 Å². The average molecular weight is 697 g/mol. The smallest absolute Gasteiger partial charge is 0.408 e. The van der Waals surface area contributed by atoms with E-state index in [4.69, 9.17) is 23.7 Å². The fourth-order valence-corrected chi connectivity index (χ4v) is 7.94. The van der Waals surface area contributed by atoms with Crippen molar-refractivity contribution in [3.05, 3.63) is 0 Å². The van der Waals surface area contributed by atoms with Gasteiger partial charge < -0.3 is 49.6 Å². The molecule has 13 atom stereocenters. The van der Waals surface area contributed by atoms with Crippen molar-refractivity contribution in [3.8, 4) is 0 Å². The number of rotatable bonds is 9. The third kappa shape index (κ3) is 8.41. The Morgan fingerprint density at radius 2 is 1.73 bits per heavy atom. The number of alkyl carbamates (subject to hydrolysis) is 1. The highest BCUT2D eigenvalue weighted by Gasteiger charge is 2.57. The van der Waals surface area contributed by atoms with E-state index < -0.39 is 83.5 Å². The van der Waals surface area contributed by atoms with Gasteiger partial charge in [-0.15, -0.1) is 0 Å². The number of hydrogen-bond acceptors (Lipinski definition) is 12. The Morgan fingerprint density at radius 3 is 2.31 bits per heavy atom. The summed E-state index contributed by atoms with van der Waals surface area (Å²) < 4.78 is 31.0. The summed E-state index contributed by atoms with van der Waals surface area (Å²) in [6.45, 7) is 12.7. The second-order valence-corrected chi connectivity index (χ2v) is 15.1. The van der Waals surface area contributed by atoms with Gasteiger partial charge in [0.1, 0.15) is 18.1 Å². The van der Waals surface area contributed by atoms with Crippen LogP contribution in [0.5, 0.6) is 0 Å².